The van der Waals surface area contributed by atoms with Crippen molar-refractivity contribution in [2.45, 2.75) is 0 Å². The molecule has 0 aliphatic rings. The van der Waals surface area contributed by atoms with E-state index in [0.29, 0.717) is 0 Å². The van der Waals surface area contributed by atoms with Crippen LogP contribution >= 0.6 is 23.4 Å². The lowest BCUT2D eigenvalue weighted by Crippen LogP contribution is -2.16. The van der Waals surface area contributed by atoms with E-state index in [1.807, 2.05) is 0 Å². The van der Waals surface area contributed by atoms with Gasteiger partial charge in [-0.25, -0.2) is 9.37 Å². The van der Waals surface area contributed by atoms with Gasteiger partial charge in [0.15, 0.2) is 11.6 Å². The first-order chi connectivity index (χ1) is 6.63. The highest BCUT2D eigenvalue weighted by atomic mass is 35.5. The molecule has 0 radical (unpaired) electrons. The van der Waals surface area contributed by atoms with Crippen LogP contribution in [0.15, 0.2) is 6.20 Å². The Labute approximate surface area is 89.3 Å². The molecule has 0 aliphatic carbocycles. The molecule has 0 bridgehead atoms. The van der Waals surface area contributed by atoms with Gasteiger partial charge in [-0.3, -0.25) is 4.79 Å². The van der Waals surface area contributed by atoms with Gasteiger partial charge in [0.1, 0.15) is 0 Å². The largest absolute Gasteiger partial charge is 0.307 e. The summed E-state index contributed by atoms with van der Waals surface area (Å²) in [5.41, 5.74) is 0. The lowest BCUT2D eigenvalue weighted by Gasteiger charge is -2.03. The maximum absolute atomic E-state index is 13.0. The summed E-state index contributed by atoms with van der Waals surface area (Å²) in [6.07, 6.45) is 2.67. The lowest BCUT2D eigenvalue weighted by atomic mass is 10.5. The summed E-state index contributed by atoms with van der Waals surface area (Å²) in [5.74, 6) is -0.986. The number of carbonyl (C=O) groups is 1. The molecular weight excluding hydrogens is 229 g/mol. The summed E-state index contributed by atoms with van der Waals surface area (Å²) in [4.78, 5) is 18.0. The standard InChI is InChI=1S/C7H7ClFN3OS/c1-14-3-5(13)11-6-4(9)2-10-7(8)12-6/h2H,3H2,1H3,(H,10,11,12,13). The van der Waals surface area contributed by atoms with E-state index in [0.717, 1.165) is 6.20 Å². The molecule has 0 saturated carbocycles. The van der Waals surface area contributed by atoms with E-state index in [9.17, 15) is 9.18 Å². The van der Waals surface area contributed by atoms with Gasteiger partial charge in [0, 0.05) is 0 Å². The SMILES string of the molecule is CSCC(=O)Nc1nc(Cl)ncc1F. The Balaban J connectivity index is 2.75. The van der Waals surface area contributed by atoms with Crippen LogP contribution in [0.4, 0.5) is 10.2 Å². The Morgan fingerprint density at radius 2 is 2.50 bits per heavy atom. The number of hydrogen-bond donors (Lipinski definition) is 1. The van der Waals surface area contributed by atoms with E-state index in [4.69, 9.17) is 11.6 Å². The van der Waals surface area contributed by atoms with Gasteiger partial charge >= 0.3 is 0 Å². The van der Waals surface area contributed by atoms with Crippen molar-refractivity contribution in [2.24, 2.45) is 0 Å². The Hall–Kier alpha value is -0.880. The Morgan fingerprint density at radius 1 is 1.79 bits per heavy atom. The number of halogens is 2. The molecule has 0 aromatic carbocycles. The van der Waals surface area contributed by atoms with Gasteiger partial charge in [0.25, 0.3) is 0 Å². The molecule has 0 spiro atoms. The van der Waals surface area contributed by atoms with E-state index >= 15 is 0 Å². The normalized spacial score (nSPS) is 9.93. The third-order valence-corrected chi connectivity index (χ3v) is 1.98. The molecule has 0 atom stereocenters. The summed E-state index contributed by atoms with van der Waals surface area (Å²) < 4.78 is 13.0. The number of carbonyl (C=O) groups excluding carboxylic acids is 1. The van der Waals surface area contributed by atoms with Crippen molar-refractivity contribution in [3.8, 4) is 0 Å². The van der Waals surface area contributed by atoms with Crippen LogP contribution in [0, 0.1) is 5.82 Å². The monoisotopic (exact) mass is 235 g/mol. The quantitative estimate of drug-likeness (QED) is 0.808. The van der Waals surface area contributed by atoms with Crippen LogP contribution < -0.4 is 5.32 Å². The number of anilines is 1. The van der Waals surface area contributed by atoms with Gasteiger partial charge in [0.05, 0.1) is 11.9 Å². The fraction of sp³-hybridized carbons (Fsp3) is 0.286. The molecule has 0 unspecified atom stereocenters. The number of aromatic nitrogens is 2. The van der Waals surface area contributed by atoms with Gasteiger partial charge in [-0.05, 0) is 17.9 Å². The lowest BCUT2D eigenvalue weighted by molar-refractivity contribution is -0.113. The first-order valence-corrected chi connectivity index (χ1v) is 5.37. The number of hydrogen-bond acceptors (Lipinski definition) is 4. The highest BCUT2D eigenvalue weighted by Crippen LogP contribution is 2.12. The predicted molar refractivity (Wildman–Crippen MR) is 54.0 cm³/mol. The number of thioether (sulfide) groups is 1. The van der Waals surface area contributed by atoms with Crippen molar-refractivity contribution in [3.05, 3.63) is 17.3 Å². The van der Waals surface area contributed by atoms with E-state index in [2.05, 4.69) is 15.3 Å². The molecule has 0 saturated heterocycles. The third kappa shape index (κ3) is 3.12. The zero-order chi connectivity index (χ0) is 10.6. The maximum Gasteiger partial charge on any atom is 0.235 e. The second-order valence-corrected chi connectivity index (χ2v) is 3.52. The molecule has 1 aromatic heterocycles. The Kier molecular flexibility index (Phi) is 4.09. The zero-order valence-corrected chi connectivity index (χ0v) is 8.82. The van der Waals surface area contributed by atoms with Gasteiger partial charge in [-0.1, -0.05) is 0 Å². The minimum absolute atomic E-state index is 0.106. The molecule has 1 rings (SSSR count). The fourth-order valence-corrected chi connectivity index (χ4v) is 1.20. The molecule has 7 heteroatoms. The van der Waals surface area contributed by atoms with E-state index < -0.39 is 5.82 Å². The molecule has 76 valence electrons. The van der Waals surface area contributed by atoms with E-state index in [1.54, 1.807) is 6.26 Å². The van der Waals surface area contributed by atoms with Crippen LogP contribution in [0.5, 0.6) is 0 Å². The number of rotatable bonds is 3. The smallest absolute Gasteiger partial charge is 0.235 e. The summed E-state index contributed by atoms with van der Waals surface area (Å²) in [6, 6.07) is 0. The van der Waals surface area contributed by atoms with Crippen molar-refractivity contribution in [1.82, 2.24) is 9.97 Å². The highest BCUT2D eigenvalue weighted by Gasteiger charge is 2.08. The predicted octanol–water partition coefficient (Wildman–Crippen LogP) is 1.57. The van der Waals surface area contributed by atoms with Crippen molar-refractivity contribution < 1.29 is 9.18 Å². The Bertz CT molecular complexity index is 350. The molecule has 1 amide bonds. The first kappa shape index (κ1) is 11.2. The van der Waals surface area contributed by atoms with Crippen LogP contribution in [0.3, 0.4) is 0 Å². The van der Waals surface area contributed by atoms with Crippen LogP contribution in [0.25, 0.3) is 0 Å². The van der Waals surface area contributed by atoms with Gasteiger partial charge < -0.3 is 5.32 Å². The topological polar surface area (TPSA) is 54.9 Å². The minimum Gasteiger partial charge on any atom is -0.307 e. The van der Waals surface area contributed by atoms with Crippen LogP contribution in [-0.2, 0) is 4.79 Å². The molecule has 1 N–H and O–H groups in total. The summed E-state index contributed by atoms with van der Waals surface area (Å²) in [7, 11) is 0. The van der Waals surface area contributed by atoms with Gasteiger partial charge in [0.2, 0.25) is 11.2 Å². The average molecular weight is 236 g/mol. The second kappa shape index (κ2) is 5.11. The second-order valence-electron chi connectivity index (χ2n) is 2.32. The van der Waals surface area contributed by atoms with E-state index in [1.165, 1.54) is 11.8 Å². The number of nitrogens with zero attached hydrogens (tertiary/aromatic N) is 2. The summed E-state index contributed by atoms with van der Waals surface area (Å²) in [5, 5.41) is 2.18. The highest BCUT2D eigenvalue weighted by molar-refractivity contribution is 7.99. The third-order valence-electron chi connectivity index (χ3n) is 1.25. The van der Waals surface area contributed by atoms with Crippen LogP contribution in [0.1, 0.15) is 0 Å². The number of nitrogens with one attached hydrogen (secondary N) is 1. The molecule has 1 heterocycles. The average Bonchev–Trinajstić information content (AvgIpc) is 2.12. The first-order valence-electron chi connectivity index (χ1n) is 3.60. The molecule has 14 heavy (non-hydrogen) atoms. The Morgan fingerprint density at radius 3 is 3.14 bits per heavy atom. The van der Waals surface area contributed by atoms with Crippen molar-refractivity contribution in [1.29, 1.82) is 0 Å². The van der Waals surface area contributed by atoms with Gasteiger partial charge in [-0.15, -0.1) is 0 Å². The zero-order valence-electron chi connectivity index (χ0n) is 7.25. The summed E-state index contributed by atoms with van der Waals surface area (Å²) in [6.45, 7) is 0. The van der Waals surface area contributed by atoms with Crippen molar-refractivity contribution in [3.63, 3.8) is 0 Å². The fourth-order valence-electron chi connectivity index (χ4n) is 0.733. The number of amides is 1. The molecule has 1 aromatic rings. The van der Waals surface area contributed by atoms with Crippen LogP contribution in [-0.4, -0.2) is 27.9 Å². The minimum atomic E-state index is -0.705. The molecular formula is C7H7ClFN3OS. The van der Waals surface area contributed by atoms with E-state index in [-0.39, 0.29) is 22.8 Å². The maximum atomic E-state index is 13.0. The molecule has 0 fully saturated rings. The molecule has 4 nitrogen and oxygen atoms in total. The molecule has 0 aliphatic heterocycles. The van der Waals surface area contributed by atoms with Crippen molar-refractivity contribution in [2.75, 3.05) is 17.3 Å². The van der Waals surface area contributed by atoms with Gasteiger partial charge in [-0.2, -0.15) is 16.7 Å². The van der Waals surface area contributed by atoms with Crippen LogP contribution in [0.2, 0.25) is 5.28 Å². The van der Waals surface area contributed by atoms with Crippen molar-refractivity contribution >= 4 is 35.1 Å². The summed E-state index contributed by atoms with van der Waals surface area (Å²) >= 11 is 6.76.